The molecule has 5 N–H and O–H groups in total. The van der Waals surface area contributed by atoms with E-state index in [9.17, 15) is 4.79 Å². The fourth-order valence-electron chi connectivity index (χ4n) is 0.770. The van der Waals surface area contributed by atoms with E-state index in [0.29, 0.717) is 0 Å². The minimum atomic E-state index is -0.786. The van der Waals surface area contributed by atoms with E-state index < -0.39 is 5.97 Å². The summed E-state index contributed by atoms with van der Waals surface area (Å²) in [5.74, 6) is -0.786. The molecule has 0 aliphatic heterocycles. The van der Waals surface area contributed by atoms with Gasteiger partial charge in [0.25, 0.3) is 0 Å². The van der Waals surface area contributed by atoms with Crippen LogP contribution in [-0.4, -0.2) is 40.0 Å². The average molecular weight is 246 g/mol. The number of benzene rings is 1. The zero-order valence-electron chi connectivity index (χ0n) is 10.4. The molecular weight excluding hydrogens is 224 g/mol. The Labute approximate surface area is 102 Å². The molecule has 0 amide bonds. The van der Waals surface area contributed by atoms with E-state index in [1.807, 2.05) is 18.2 Å². The number of carboxylic acid groups (broad SMARTS) is 1. The van der Waals surface area contributed by atoms with Gasteiger partial charge in [0.05, 0.1) is 6.42 Å². The lowest BCUT2D eigenvalue weighted by Crippen LogP contribution is -1.98. The first kappa shape index (κ1) is 20.9. The minimum absolute atomic E-state index is 0. The van der Waals surface area contributed by atoms with Gasteiger partial charge in [-0.1, -0.05) is 30.3 Å². The normalized spacial score (nSPS) is 7.88. The van der Waals surface area contributed by atoms with Crippen LogP contribution in [0.25, 0.3) is 0 Å². The predicted octanol–water partition coefficient (Wildman–Crippen LogP) is 0.485. The zero-order valence-corrected chi connectivity index (χ0v) is 10.4. The molecule has 0 radical (unpaired) electrons. The van der Waals surface area contributed by atoms with Crippen molar-refractivity contribution >= 4 is 5.97 Å². The Balaban J connectivity index is -0.000000242. The van der Waals surface area contributed by atoms with Gasteiger partial charge in [-0.25, -0.2) is 0 Å². The van der Waals surface area contributed by atoms with Crippen molar-refractivity contribution in [2.45, 2.75) is 26.4 Å². The number of aliphatic carboxylic acids is 1. The topological polar surface area (TPSA) is 109 Å². The lowest BCUT2D eigenvalue weighted by atomic mass is 10.2. The smallest absolute Gasteiger partial charge is 0.307 e. The second-order valence-electron chi connectivity index (χ2n) is 3.15. The molecule has 1 aromatic rings. The SMILES string of the molecule is CC(C)O.CO.O.O=C(O)Cc1ccccc1. The highest BCUT2D eigenvalue weighted by molar-refractivity contribution is 5.70. The molecular formula is C12H22O5. The molecule has 1 aromatic carbocycles. The predicted molar refractivity (Wildman–Crippen MR) is 66.9 cm³/mol. The van der Waals surface area contributed by atoms with Crippen LogP contribution in [0.15, 0.2) is 30.3 Å². The maximum absolute atomic E-state index is 10.2. The summed E-state index contributed by atoms with van der Waals surface area (Å²) in [4.78, 5) is 10.2. The number of aliphatic hydroxyl groups excluding tert-OH is 2. The lowest BCUT2D eigenvalue weighted by Gasteiger charge is -1.92. The summed E-state index contributed by atoms with van der Waals surface area (Å²) < 4.78 is 0. The third kappa shape index (κ3) is 20.6. The molecule has 1 rings (SSSR count). The maximum Gasteiger partial charge on any atom is 0.307 e. The fourth-order valence-corrected chi connectivity index (χ4v) is 0.770. The number of carbonyl (C=O) groups is 1. The maximum atomic E-state index is 10.2. The van der Waals surface area contributed by atoms with Crippen LogP contribution < -0.4 is 0 Å². The Hall–Kier alpha value is -1.43. The Kier molecular flexibility index (Phi) is 17.9. The third-order valence-electron chi connectivity index (χ3n) is 1.20. The molecule has 0 heterocycles. The third-order valence-corrected chi connectivity index (χ3v) is 1.20. The zero-order chi connectivity index (χ0) is 13.0. The van der Waals surface area contributed by atoms with E-state index in [1.165, 1.54) is 0 Å². The second-order valence-corrected chi connectivity index (χ2v) is 3.15. The van der Waals surface area contributed by atoms with Gasteiger partial charge in [-0.15, -0.1) is 0 Å². The summed E-state index contributed by atoms with van der Waals surface area (Å²) in [7, 11) is 1.00. The van der Waals surface area contributed by atoms with Gasteiger partial charge < -0.3 is 20.8 Å². The summed E-state index contributed by atoms with van der Waals surface area (Å²) in [5, 5.41) is 23.4. The molecule has 0 aliphatic carbocycles. The molecule has 0 saturated carbocycles. The number of aliphatic hydroxyl groups is 2. The number of hydrogen-bond donors (Lipinski definition) is 3. The molecule has 0 atom stereocenters. The molecule has 5 heteroatoms. The average Bonchev–Trinajstić information content (AvgIpc) is 2.20. The molecule has 100 valence electrons. The Bertz CT molecular complexity index is 256. The highest BCUT2D eigenvalue weighted by Crippen LogP contribution is 1.98. The molecule has 0 aliphatic rings. The van der Waals surface area contributed by atoms with Crippen LogP contribution in [0.1, 0.15) is 19.4 Å². The van der Waals surface area contributed by atoms with Gasteiger partial charge in [-0.2, -0.15) is 0 Å². The van der Waals surface area contributed by atoms with Crippen molar-refractivity contribution in [3.63, 3.8) is 0 Å². The summed E-state index contributed by atoms with van der Waals surface area (Å²) >= 11 is 0. The second kappa shape index (κ2) is 14.6. The summed E-state index contributed by atoms with van der Waals surface area (Å²) in [6, 6.07) is 9.13. The van der Waals surface area contributed by atoms with E-state index in [2.05, 4.69) is 0 Å². The van der Waals surface area contributed by atoms with Crippen LogP contribution in [-0.2, 0) is 11.2 Å². The van der Waals surface area contributed by atoms with Crippen molar-refractivity contribution in [3.05, 3.63) is 35.9 Å². The molecule has 0 fully saturated rings. The Morgan fingerprint density at radius 1 is 1.18 bits per heavy atom. The quantitative estimate of drug-likeness (QED) is 0.705. The van der Waals surface area contributed by atoms with Gasteiger partial charge in [0.15, 0.2) is 0 Å². The van der Waals surface area contributed by atoms with Crippen LogP contribution in [0.5, 0.6) is 0 Å². The summed E-state index contributed by atoms with van der Waals surface area (Å²) in [6.45, 7) is 3.44. The first-order chi connectivity index (χ1) is 7.52. The van der Waals surface area contributed by atoms with Gasteiger partial charge in [-0.05, 0) is 19.4 Å². The summed E-state index contributed by atoms with van der Waals surface area (Å²) in [5.41, 5.74) is 0.843. The largest absolute Gasteiger partial charge is 0.481 e. The van der Waals surface area contributed by atoms with Crippen LogP contribution in [0.2, 0.25) is 0 Å². The van der Waals surface area contributed by atoms with Gasteiger partial charge in [-0.3, -0.25) is 4.79 Å². The fraction of sp³-hybridized carbons (Fsp3) is 0.417. The van der Waals surface area contributed by atoms with E-state index in [1.54, 1.807) is 26.0 Å². The Morgan fingerprint density at radius 2 is 1.53 bits per heavy atom. The molecule has 0 spiro atoms. The van der Waals surface area contributed by atoms with Gasteiger partial charge in [0, 0.05) is 13.2 Å². The van der Waals surface area contributed by atoms with Crippen molar-refractivity contribution in [1.29, 1.82) is 0 Å². The van der Waals surface area contributed by atoms with Crippen molar-refractivity contribution in [2.75, 3.05) is 7.11 Å². The van der Waals surface area contributed by atoms with E-state index in [-0.39, 0.29) is 18.0 Å². The number of rotatable bonds is 2. The Morgan fingerprint density at radius 3 is 1.82 bits per heavy atom. The highest BCUT2D eigenvalue weighted by atomic mass is 16.4. The molecule has 0 aromatic heterocycles. The molecule has 0 unspecified atom stereocenters. The molecule has 0 saturated heterocycles. The van der Waals surface area contributed by atoms with Crippen molar-refractivity contribution in [1.82, 2.24) is 0 Å². The van der Waals surface area contributed by atoms with Gasteiger partial charge >= 0.3 is 5.97 Å². The van der Waals surface area contributed by atoms with E-state index >= 15 is 0 Å². The first-order valence-electron chi connectivity index (χ1n) is 4.91. The van der Waals surface area contributed by atoms with E-state index in [4.69, 9.17) is 15.3 Å². The molecule has 5 nitrogen and oxygen atoms in total. The lowest BCUT2D eigenvalue weighted by molar-refractivity contribution is -0.136. The monoisotopic (exact) mass is 246 g/mol. The van der Waals surface area contributed by atoms with Gasteiger partial charge in [0.2, 0.25) is 0 Å². The molecule has 17 heavy (non-hydrogen) atoms. The standard InChI is InChI=1S/C8H8O2.C3H8O.CH4O.H2O/c9-8(10)6-7-4-2-1-3-5-7;1-3(2)4;1-2;/h1-5H,6H2,(H,9,10);3-4H,1-2H3;2H,1H3;1H2. The minimum Gasteiger partial charge on any atom is -0.481 e. The van der Waals surface area contributed by atoms with Crippen LogP contribution in [0, 0.1) is 0 Å². The summed E-state index contributed by atoms with van der Waals surface area (Å²) in [6.07, 6.45) is -0.0547. The van der Waals surface area contributed by atoms with Crippen LogP contribution in [0.3, 0.4) is 0 Å². The number of carboxylic acids is 1. The van der Waals surface area contributed by atoms with Crippen molar-refractivity contribution in [2.24, 2.45) is 0 Å². The first-order valence-corrected chi connectivity index (χ1v) is 4.91. The van der Waals surface area contributed by atoms with Crippen molar-refractivity contribution < 1.29 is 25.6 Å². The number of hydrogen-bond acceptors (Lipinski definition) is 3. The van der Waals surface area contributed by atoms with Crippen molar-refractivity contribution in [3.8, 4) is 0 Å². The van der Waals surface area contributed by atoms with Crippen LogP contribution >= 0.6 is 0 Å². The van der Waals surface area contributed by atoms with E-state index in [0.717, 1.165) is 12.7 Å². The molecule has 0 bridgehead atoms. The van der Waals surface area contributed by atoms with Gasteiger partial charge in [0.1, 0.15) is 0 Å². The highest BCUT2D eigenvalue weighted by Gasteiger charge is 1.96. The van der Waals surface area contributed by atoms with Crippen LogP contribution in [0.4, 0.5) is 0 Å².